The Morgan fingerprint density at radius 1 is 0.235 bits per heavy atom. The highest BCUT2D eigenvalue weighted by Crippen LogP contribution is 2.43. The van der Waals surface area contributed by atoms with E-state index in [-0.39, 0.29) is 0 Å². The van der Waals surface area contributed by atoms with Crippen LogP contribution in [0.25, 0.3) is 93.6 Å². The molecule has 51 heavy (non-hydrogen) atoms. The van der Waals surface area contributed by atoms with E-state index in [4.69, 9.17) is 0 Å². The van der Waals surface area contributed by atoms with Crippen molar-refractivity contribution >= 4 is 65.4 Å². The van der Waals surface area contributed by atoms with Crippen LogP contribution in [0.3, 0.4) is 0 Å². The molecule has 0 radical (unpaired) electrons. The lowest BCUT2D eigenvalue weighted by Crippen LogP contribution is -1.98. The van der Waals surface area contributed by atoms with Gasteiger partial charge in [0, 0.05) is 49.4 Å². The molecule has 0 saturated heterocycles. The van der Waals surface area contributed by atoms with E-state index in [1.165, 1.54) is 82.2 Å². The smallest absolute Gasteiger partial charge is 0.0788 e. The molecule has 3 heterocycles. The van der Waals surface area contributed by atoms with Gasteiger partial charge >= 0.3 is 0 Å². The Labute approximate surface area is 294 Å². The topological polar surface area (TPSA) is 14.8 Å². The molecule has 11 aromatic rings. The summed E-state index contributed by atoms with van der Waals surface area (Å²) in [7, 11) is 0. The Morgan fingerprint density at radius 2 is 0.627 bits per heavy atom. The monoisotopic (exact) mass is 649 g/mol. The van der Waals surface area contributed by atoms with Crippen LogP contribution in [0, 0.1) is 0 Å². The summed E-state index contributed by atoms with van der Waals surface area (Å²) in [6, 6.07) is 68.4. The maximum absolute atomic E-state index is 2.48. The molecule has 3 heteroatoms. The maximum atomic E-state index is 2.48. The van der Waals surface area contributed by atoms with Crippen molar-refractivity contribution in [2.75, 3.05) is 0 Å². The number of hydrogen-bond acceptors (Lipinski definition) is 0. The molecule has 0 aliphatic carbocycles. The maximum Gasteiger partial charge on any atom is 0.0788 e. The number of rotatable bonds is 4. The summed E-state index contributed by atoms with van der Waals surface area (Å²) in [6.45, 7) is 0. The second-order valence-corrected chi connectivity index (χ2v) is 13.4. The molecule has 0 spiro atoms. The summed E-state index contributed by atoms with van der Waals surface area (Å²) >= 11 is 0. The molecule has 238 valence electrons. The van der Waals surface area contributed by atoms with Crippen LogP contribution in [-0.4, -0.2) is 13.7 Å². The van der Waals surface area contributed by atoms with Gasteiger partial charge in [-0.15, -0.1) is 0 Å². The van der Waals surface area contributed by atoms with E-state index >= 15 is 0 Å². The van der Waals surface area contributed by atoms with Crippen LogP contribution < -0.4 is 0 Å². The molecule has 11 rings (SSSR count). The molecule has 0 fully saturated rings. The fourth-order valence-corrected chi connectivity index (χ4v) is 8.43. The predicted molar refractivity (Wildman–Crippen MR) is 215 cm³/mol. The first-order valence-corrected chi connectivity index (χ1v) is 17.5. The number of benzene rings is 8. The third-order valence-electron chi connectivity index (χ3n) is 10.6. The van der Waals surface area contributed by atoms with Gasteiger partial charge in [-0.25, -0.2) is 0 Å². The van der Waals surface area contributed by atoms with E-state index in [9.17, 15) is 0 Å². The van der Waals surface area contributed by atoms with Crippen LogP contribution in [0.2, 0.25) is 0 Å². The molecule has 0 aliphatic rings. The molecule has 3 aromatic heterocycles. The van der Waals surface area contributed by atoms with Crippen molar-refractivity contribution in [2.45, 2.75) is 0 Å². The molecule has 0 N–H and O–H groups in total. The fraction of sp³-hybridized carbons (Fsp3) is 0. The Morgan fingerprint density at radius 3 is 1.24 bits per heavy atom. The van der Waals surface area contributed by atoms with Crippen molar-refractivity contribution in [2.24, 2.45) is 0 Å². The lowest BCUT2D eigenvalue weighted by molar-refractivity contribution is 1.15. The van der Waals surface area contributed by atoms with Crippen LogP contribution in [0.15, 0.2) is 188 Å². The van der Waals surface area contributed by atoms with Crippen LogP contribution in [0.4, 0.5) is 0 Å². The van der Waals surface area contributed by atoms with E-state index in [2.05, 4.69) is 202 Å². The van der Waals surface area contributed by atoms with E-state index in [0.29, 0.717) is 0 Å². The zero-order valence-electron chi connectivity index (χ0n) is 27.7. The quantitative estimate of drug-likeness (QED) is 0.180. The molecule has 0 atom stereocenters. The van der Waals surface area contributed by atoms with Crippen LogP contribution in [0.1, 0.15) is 0 Å². The number of para-hydroxylation sites is 5. The minimum atomic E-state index is 1.15. The van der Waals surface area contributed by atoms with Crippen molar-refractivity contribution in [3.63, 3.8) is 0 Å². The zero-order valence-corrected chi connectivity index (χ0v) is 27.7. The van der Waals surface area contributed by atoms with E-state index in [0.717, 1.165) is 11.4 Å². The van der Waals surface area contributed by atoms with Gasteiger partial charge < -0.3 is 13.7 Å². The van der Waals surface area contributed by atoms with Gasteiger partial charge in [-0.2, -0.15) is 0 Å². The molecule has 0 unspecified atom stereocenters. The number of fused-ring (bicyclic) bond motifs is 10. The van der Waals surface area contributed by atoms with E-state index in [1.807, 2.05) is 0 Å². The Balaban J connectivity index is 1.22. The highest BCUT2D eigenvalue weighted by molar-refractivity contribution is 6.24. The largest absolute Gasteiger partial charge is 0.309 e. The minimum Gasteiger partial charge on any atom is -0.309 e. The normalized spacial score (nSPS) is 11.9. The van der Waals surface area contributed by atoms with E-state index < -0.39 is 0 Å². The first-order chi connectivity index (χ1) is 25.3. The standard InChI is InChI=1S/C48H31N3/c1-4-14-34(15-5-1)49-43-22-12-11-21-38(43)42-30-32(25-29-45(42)49)33-24-26-39-41-28-27-40-37-20-10-13-23-44(37)50(35-16-6-2-7-17-35)47(40)48(41)51(46(39)31-33)36-18-8-3-9-19-36/h1-31H. The van der Waals surface area contributed by atoms with Crippen LogP contribution >= 0.6 is 0 Å². The summed E-state index contributed by atoms with van der Waals surface area (Å²) in [5.41, 5.74) is 13.1. The van der Waals surface area contributed by atoms with Crippen molar-refractivity contribution in [3.8, 4) is 28.2 Å². The molecule has 3 nitrogen and oxygen atoms in total. The lowest BCUT2D eigenvalue weighted by atomic mass is 10.0. The van der Waals surface area contributed by atoms with Crippen LogP contribution in [0.5, 0.6) is 0 Å². The van der Waals surface area contributed by atoms with Gasteiger partial charge in [0.15, 0.2) is 0 Å². The molecular weight excluding hydrogens is 619 g/mol. The van der Waals surface area contributed by atoms with Gasteiger partial charge in [-0.3, -0.25) is 0 Å². The van der Waals surface area contributed by atoms with E-state index in [1.54, 1.807) is 0 Å². The first kappa shape index (κ1) is 28.0. The van der Waals surface area contributed by atoms with Gasteiger partial charge in [0.2, 0.25) is 0 Å². The molecule has 0 saturated carbocycles. The summed E-state index contributed by atoms with van der Waals surface area (Å²) in [5, 5.41) is 7.51. The SMILES string of the molecule is c1ccc(-n2c3ccccc3c3cc(-c4ccc5c6ccc7c8ccccc8n(-c8ccccc8)c7c6n(-c6ccccc6)c5c4)ccc32)cc1. The number of hydrogen-bond donors (Lipinski definition) is 0. The van der Waals surface area contributed by atoms with Crippen molar-refractivity contribution in [3.05, 3.63) is 188 Å². The number of aromatic nitrogens is 3. The Bertz CT molecular complexity index is 3110. The second-order valence-electron chi connectivity index (χ2n) is 13.4. The molecule has 0 bridgehead atoms. The average Bonchev–Trinajstić information content (AvgIpc) is 3.84. The summed E-state index contributed by atoms with van der Waals surface area (Å²) in [6.07, 6.45) is 0. The second kappa shape index (κ2) is 10.8. The Hall–Kier alpha value is -6.84. The number of nitrogens with zero attached hydrogens (tertiary/aromatic N) is 3. The fourth-order valence-electron chi connectivity index (χ4n) is 8.43. The predicted octanol–water partition coefficient (Wildman–Crippen LogP) is 12.6. The van der Waals surface area contributed by atoms with Gasteiger partial charge in [-0.05, 0) is 77.9 Å². The van der Waals surface area contributed by atoms with Gasteiger partial charge in [0.05, 0.1) is 33.1 Å². The molecule has 0 aliphatic heterocycles. The summed E-state index contributed by atoms with van der Waals surface area (Å²) in [5.74, 6) is 0. The minimum absolute atomic E-state index is 1.15. The third kappa shape index (κ3) is 4.06. The highest BCUT2D eigenvalue weighted by Gasteiger charge is 2.22. The molecular formula is C48H31N3. The molecule has 0 amide bonds. The zero-order chi connectivity index (χ0) is 33.5. The van der Waals surface area contributed by atoms with Crippen molar-refractivity contribution < 1.29 is 0 Å². The van der Waals surface area contributed by atoms with Crippen LogP contribution in [-0.2, 0) is 0 Å². The van der Waals surface area contributed by atoms with Gasteiger partial charge in [0.1, 0.15) is 0 Å². The average molecular weight is 650 g/mol. The van der Waals surface area contributed by atoms with Gasteiger partial charge in [0.25, 0.3) is 0 Å². The van der Waals surface area contributed by atoms with Crippen molar-refractivity contribution in [1.82, 2.24) is 13.7 Å². The van der Waals surface area contributed by atoms with Gasteiger partial charge in [-0.1, -0.05) is 121 Å². The highest BCUT2D eigenvalue weighted by atomic mass is 15.0. The van der Waals surface area contributed by atoms with Crippen molar-refractivity contribution in [1.29, 1.82) is 0 Å². The molecule has 8 aromatic carbocycles. The lowest BCUT2D eigenvalue weighted by Gasteiger charge is -2.13. The Kier molecular flexibility index (Phi) is 5.96. The third-order valence-corrected chi connectivity index (χ3v) is 10.6. The first-order valence-electron chi connectivity index (χ1n) is 17.5. The summed E-state index contributed by atoms with van der Waals surface area (Å²) in [4.78, 5) is 0. The summed E-state index contributed by atoms with van der Waals surface area (Å²) < 4.78 is 7.30.